The number of urea groups is 1. The second-order valence-corrected chi connectivity index (χ2v) is 4.78. The number of amides is 2. The first-order valence-electron chi connectivity index (χ1n) is 6.19. The zero-order valence-electron chi connectivity index (χ0n) is 11.4. The van der Waals surface area contributed by atoms with Gasteiger partial charge in [0.15, 0.2) is 0 Å². The molecule has 2 rings (SSSR count). The smallest absolute Gasteiger partial charge is 0.306 e. The van der Waals surface area contributed by atoms with Crippen molar-refractivity contribution in [2.75, 3.05) is 17.4 Å². The van der Waals surface area contributed by atoms with E-state index in [1.54, 1.807) is 24.2 Å². The zero-order chi connectivity index (χ0) is 14.5. The summed E-state index contributed by atoms with van der Waals surface area (Å²) in [7, 11) is 1.78. The van der Waals surface area contributed by atoms with Crippen LogP contribution in [0.4, 0.5) is 16.2 Å². The number of carbonyl (C=O) groups is 1. The Kier molecular flexibility index (Phi) is 4.48. The highest BCUT2D eigenvalue weighted by atomic mass is 35.5. The van der Waals surface area contributed by atoms with Crippen LogP contribution in [-0.4, -0.2) is 13.1 Å². The molecule has 2 aromatic rings. The summed E-state index contributed by atoms with van der Waals surface area (Å²) < 4.78 is 0. The summed E-state index contributed by atoms with van der Waals surface area (Å²) in [5, 5.41) is 5.05. The van der Waals surface area contributed by atoms with E-state index in [9.17, 15) is 4.79 Å². The predicted molar refractivity (Wildman–Crippen MR) is 83.2 cm³/mol. The van der Waals surface area contributed by atoms with Crippen LogP contribution >= 0.6 is 11.6 Å². The first-order chi connectivity index (χ1) is 9.58. The molecule has 2 aromatic carbocycles. The molecule has 104 valence electrons. The molecule has 0 aliphatic rings. The minimum absolute atomic E-state index is 0.318. The van der Waals surface area contributed by atoms with Crippen molar-refractivity contribution in [1.82, 2.24) is 5.43 Å². The standard InChI is InChI=1S/C15H16ClN3O/c1-11-13(16)9-6-10-14(11)17-15(20)18-19(2)12-7-4-3-5-8-12/h3-10H,1-2H3,(H2,17,18,20). The van der Waals surface area contributed by atoms with E-state index in [4.69, 9.17) is 11.6 Å². The average molecular weight is 290 g/mol. The molecule has 20 heavy (non-hydrogen) atoms. The van der Waals surface area contributed by atoms with Crippen molar-refractivity contribution in [1.29, 1.82) is 0 Å². The molecule has 0 bridgehead atoms. The van der Waals surface area contributed by atoms with Crippen LogP contribution in [0.25, 0.3) is 0 Å². The van der Waals surface area contributed by atoms with Gasteiger partial charge in [-0.05, 0) is 36.8 Å². The third kappa shape index (κ3) is 3.42. The number of hydrazine groups is 1. The lowest BCUT2D eigenvalue weighted by Gasteiger charge is -2.21. The third-order valence-corrected chi connectivity index (χ3v) is 3.34. The molecule has 0 heterocycles. The van der Waals surface area contributed by atoms with Crippen molar-refractivity contribution < 1.29 is 4.79 Å². The molecule has 2 N–H and O–H groups in total. The minimum atomic E-state index is -0.318. The minimum Gasteiger partial charge on any atom is -0.306 e. The van der Waals surface area contributed by atoms with Gasteiger partial charge in [0, 0.05) is 17.8 Å². The molecule has 2 amide bonds. The van der Waals surface area contributed by atoms with E-state index >= 15 is 0 Å². The van der Waals surface area contributed by atoms with Gasteiger partial charge in [0.05, 0.1) is 5.69 Å². The Balaban J connectivity index is 2.01. The number of hydrogen-bond acceptors (Lipinski definition) is 2. The Morgan fingerprint density at radius 3 is 2.50 bits per heavy atom. The lowest BCUT2D eigenvalue weighted by molar-refractivity contribution is 0.251. The molecule has 5 heteroatoms. The van der Waals surface area contributed by atoms with Gasteiger partial charge in [-0.3, -0.25) is 5.01 Å². The maximum absolute atomic E-state index is 12.0. The molecule has 0 aromatic heterocycles. The van der Waals surface area contributed by atoms with E-state index in [2.05, 4.69) is 10.7 Å². The number of nitrogens with one attached hydrogen (secondary N) is 2. The van der Waals surface area contributed by atoms with E-state index in [-0.39, 0.29) is 6.03 Å². The van der Waals surface area contributed by atoms with Crippen molar-refractivity contribution >= 4 is 29.0 Å². The summed E-state index contributed by atoms with van der Waals surface area (Å²) in [6, 6.07) is 14.6. The van der Waals surface area contributed by atoms with Crippen LogP contribution in [-0.2, 0) is 0 Å². The maximum Gasteiger partial charge on any atom is 0.338 e. The molecule has 0 fully saturated rings. The van der Waals surface area contributed by atoms with Gasteiger partial charge in [0.25, 0.3) is 0 Å². The van der Waals surface area contributed by atoms with Crippen LogP contribution < -0.4 is 15.8 Å². The van der Waals surface area contributed by atoms with Crippen molar-refractivity contribution in [2.45, 2.75) is 6.92 Å². The van der Waals surface area contributed by atoms with Gasteiger partial charge in [-0.1, -0.05) is 35.9 Å². The van der Waals surface area contributed by atoms with E-state index in [0.717, 1.165) is 11.3 Å². The van der Waals surface area contributed by atoms with Crippen molar-refractivity contribution in [3.05, 3.63) is 59.1 Å². The Hall–Kier alpha value is -2.20. The van der Waals surface area contributed by atoms with Gasteiger partial charge in [-0.15, -0.1) is 0 Å². The highest BCUT2D eigenvalue weighted by Gasteiger charge is 2.08. The Morgan fingerprint density at radius 1 is 1.10 bits per heavy atom. The summed E-state index contributed by atoms with van der Waals surface area (Å²) in [5.41, 5.74) is 5.16. The monoisotopic (exact) mass is 289 g/mol. The second kappa shape index (κ2) is 6.30. The quantitative estimate of drug-likeness (QED) is 0.844. The first-order valence-corrected chi connectivity index (χ1v) is 6.57. The zero-order valence-corrected chi connectivity index (χ0v) is 12.1. The fourth-order valence-corrected chi connectivity index (χ4v) is 1.94. The topological polar surface area (TPSA) is 44.4 Å². The molecule has 4 nitrogen and oxygen atoms in total. The fourth-order valence-electron chi connectivity index (χ4n) is 1.76. The highest BCUT2D eigenvalue weighted by molar-refractivity contribution is 6.31. The van der Waals surface area contributed by atoms with Crippen LogP contribution in [0.15, 0.2) is 48.5 Å². The fraction of sp³-hybridized carbons (Fsp3) is 0.133. The SMILES string of the molecule is Cc1c(Cl)cccc1NC(=O)NN(C)c1ccccc1. The van der Waals surface area contributed by atoms with Gasteiger partial charge < -0.3 is 5.32 Å². The van der Waals surface area contributed by atoms with E-state index in [1.165, 1.54) is 0 Å². The number of benzene rings is 2. The van der Waals surface area contributed by atoms with Crippen LogP contribution in [0, 0.1) is 6.92 Å². The van der Waals surface area contributed by atoms with Crippen molar-refractivity contribution in [3.63, 3.8) is 0 Å². The van der Waals surface area contributed by atoms with Gasteiger partial charge in [0.1, 0.15) is 0 Å². The van der Waals surface area contributed by atoms with E-state index in [0.29, 0.717) is 10.7 Å². The van der Waals surface area contributed by atoms with Crippen LogP contribution in [0.2, 0.25) is 5.02 Å². The summed E-state index contributed by atoms with van der Waals surface area (Å²) in [5.74, 6) is 0. The molecular weight excluding hydrogens is 274 g/mol. The number of hydrogen-bond donors (Lipinski definition) is 2. The number of carbonyl (C=O) groups excluding carboxylic acids is 1. The summed E-state index contributed by atoms with van der Waals surface area (Å²) >= 11 is 6.02. The molecule has 0 aliphatic carbocycles. The first kappa shape index (κ1) is 14.2. The molecular formula is C15H16ClN3O. The van der Waals surface area contributed by atoms with Crippen LogP contribution in [0.1, 0.15) is 5.56 Å². The van der Waals surface area contributed by atoms with Gasteiger partial charge in [0.2, 0.25) is 0 Å². The van der Waals surface area contributed by atoms with Crippen molar-refractivity contribution in [3.8, 4) is 0 Å². The number of halogens is 1. The van der Waals surface area contributed by atoms with E-state index < -0.39 is 0 Å². The van der Waals surface area contributed by atoms with Crippen LogP contribution in [0.5, 0.6) is 0 Å². The summed E-state index contributed by atoms with van der Waals surface area (Å²) in [6.07, 6.45) is 0. The van der Waals surface area contributed by atoms with Crippen molar-refractivity contribution in [2.24, 2.45) is 0 Å². The largest absolute Gasteiger partial charge is 0.338 e. The number of nitrogens with zero attached hydrogens (tertiary/aromatic N) is 1. The van der Waals surface area contributed by atoms with Gasteiger partial charge in [-0.2, -0.15) is 0 Å². The summed E-state index contributed by atoms with van der Waals surface area (Å²) in [4.78, 5) is 12.0. The Morgan fingerprint density at radius 2 is 1.80 bits per heavy atom. The highest BCUT2D eigenvalue weighted by Crippen LogP contribution is 2.22. The molecule has 0 atom stereocenters. The molecule has 0 unspecified atom stereocenters. The lowest BCUT2D eigenvalue weighted by atomic mass is 10.2. The average Bonchev–Trinajstić information content (AvgIpc) is 2.45. The Labute approximate surface area is 123 Å². The summed E-state index contributed by atoms with van der Waals surface area (Å²) in [6.45, 7) is 1.86. The van der Waals surface area contributed by atoms with Gasteiger partial charge in [-0.25, -0.2) is 10.2 Å². The normalized spacial score (nSPS) is 9.95. The molecule has 0 saturated carbocycles. The number of para-hydroxylation sites is 1. The Bertz CT molecular complexity index is 601. The molecule has 0 aliphatic heterocycles. The number of anilines is 2. The van der Waals surface area contributed by atoms with Gasteiger partial charge >= 0.3 is 6.03 Å². The third-order valence-electron chi connectivity index (χ3n) is 2.93. The second-order valence-electron chi connectivity index (χ2n) is 4.37. The lowest BCUT2D eigenvalue weighted by Crippen LogP contribution is -2.42. The van der Waals surface area contributed by atoms with Crippen LogP contribution in [0.3, 0.4) is 0 Å². The molecule has 0 radical (unpaired) electrons. The number of rotatable bonds is 3. The molecule has 0 spiro atoms. The maximum atomic E-state index is 12.0. The van der Waals surface area contributed by atoms with E-state index in [1.807, 2.05) is 43.3 Å². The molecule has 0 saturated heterocycles. The predicted octanol–water partition coefficient (Wildman–Crippen LogP) is 3.82.